The van der Waals surface area contributed by atoms with Gasteiger partial charge in [0.1, 0.15) is 11.6 Å². The zero-order valence-electron chi connectivity index (χ0n) is 16.7. The topological polar surface area (TPSA) is 56.6 Å². The number of carbonyl (C=O) groups excluding carboxylic acids is 1. The summed E-state index contributed by atoms with van der Waals surface area (Å²) in [6.07, 6.45) is 2.13. The molecule has 29 heavy (non-hydrogen) atoms. The number of ether oxygens (including phenoxy) is 1. The molecule has 1 fully saturated rings. The molecule has 1 aliphatic heterocycles. The van der Waals surface area contributed by atoms with Gasteiger partial charge in [0.15, 0.2) is 0 Å². The lowest BCUT2D eigenvalue weighted by Crippen LogP contribution is -2.41. The van der Waals surface area contributed by atoms with E-state index in [9.17, 15) is 9.18 Å². The van der Waals surface area contributed by atoms with Crippen molar-refractivity contribution >= 4 is 11.6 Å². The van der Waals surface area contributed by atoms with Gasteiger partial charge in [-0.25, -0.2) is 4.39 Å². The van der Waals surface area contributed by atoms with E-state index in [1.807, 2.05) is 37.3 Å². The molecule has 0 aromatic heterocycles. The summed E-state index contributed by atoms with van der Waals surface area (Å²) in [7, 11) is 0. The largest absolute Gasteiger partial charge is 0.494 e. The zero-order valence-corrected chi connectivity index (χ0v) is 16.7. The number of hydrogen-bond donors (Lipinski definition) is 0. The number of hydrogen-bond acceptors (Lipinski definition) is 4. The SMILES string of the molecule is CCOc1ccc(C2CCCN2CC(=O)N(CCC#N)c2ccccc2F)cc1. The van der Waals surface area contributed by atoms with Gasteiger partial charge in [0, 0.05) is 12.6 Å². The molecule has 2 aromatic carbocycles. The van der Waals surface area contributed by atoms with Crippen LogP contribution in [0.4, 0.5) is 10.1 Å². The van der Waals surface area contributed by atoms with E-state index in [0.29, 0.717) is 6.61 Å². The first-order chi connectivity index (χ1) is 14.1. The minimum Gasteiger partial charge on any atom is -0.494 e. The van der Waals surface area contributed by atoms with Crippen molar-refractivity contribution in [3.05, 3.63) is 59.9 Å². The number of halogens is 1. The molecule has 6 heteroatoms. The lowest BCUT2D eigenvalue weighted by atomic mass is 10.0. The van der Waals surface area contributed by atoms with Crippen LogP contribution in [0.25, 0.3) is 0 Å². The van der Waals surface area contributed by atoms with Crippen molar-refractivity contribution in [2.24, 2.45) is 0 Å². The monoisotopic (exact) mass is 395 g/mol. The number of likely N-dealkylation sites (tertiary alicyclic amines) is 1. The van der Waals surface area contributed by atoms with Gasteiger partial charge in [0.05, 0.1) is 31.3 Å². The second-order valence-electron chi connectivity index (χ2n) is 7.04. The van der Waals surface area contributed by atoms with Gasteiger partial charge in [-0.3, -0.25) is 9.69 Å². The molecule has 1 amide bonds. The van der Waals surface area contributed by atoms with Crippen molar-refractivity contribution in [2.75, 3.05) is 31.1 Å². The Morgan fingerprint density at radius 2 is 2.03 bits per heavy atom. The average Bonchev–Trinajstić information content (AvgIpc) is 3.18. The molecule has 3 rings (SSSR count). The van der Waals surface area contributed by atoms with Gasteiger partial charge in [-0.05, 0) is 56.1 Å². The molecular formula is C23H26FN3O2. The van der Waals surface area contributed by atoms with Crippen LogP contribution in [-0.4, -0.2) is 37.0 Å². The van der Waals surface area contributed by atoms with Gasteiger partial charge in [-0.2, -0.15) is 5.26 Å². The van der Waals surface area contributed by atoms with Crippen molar-refractivity contribution in [3.63, 3.8) is 0 Å². The van der Waals surface area contributed by atoms with Crippen LogP contribution in [0.15, 0.2) is 48.5 Å². The predicted octanol–water partition coefficient (Wildman–Crippen LogP) is 4.31. The summed E-state index contributed by atoms with van der Waals surface area (Å²) in [5, 5.41) is 8.95. The molecule has 0 aliphatic carbocycles. The summed E-state index contributed by atoms with van der Waals surface area (Å²) in [6, 6.07) is 16.4. The van der Waals surface area contributed by atoms with E-state index in [-0.39, 0.29) is 37.1 Å². The van der Waals surface area contributed by atoms with Crippen molar-refractivity contribution < 1.29 is 13.9 Å². The lowest BCUT2D eigenvalue weighted by Gasteiger charge is -2.28. The van der Waals surface area contributed by atoms with Crippen LogP contribution in [0.1, 0.15) is 37.8 Å². The summed E-state index contributed by atoms with van der Waals surface area (Å²) in [6.45, 7) is 3.76. The molecule has 1 atom stereocenters. The first-order valence-electron chi connectivity index (χ1n) is 10.0. The molecule has 0 radical (unpaired) electrons. The van der Waals surface area contributed by atoms with Gasteiger partial charge < -0.3 is 9.64 Å². The Balaban J connectivity index is 1.74. The highest BCUT2D eigenvalue weighted by Crippen LogP contribution is 2.33. The fraction of sp³-hybridized carbons (Fsp3) is 0.391. The van der Waals surface area contributed by atoms with Crippen molar-refractivity contribution in [3.8, 4) is 11.8 Å². The highest BCUT2D eigenvalue weighted by atomic mass is 19.1. The van der Waals surface area contributed by atoms with Gasteiger partial charge in [0.2, 0.25) is 5.91 Å². The first kappa shape index (κ1) is 20.8. The van der Waals surface area contributed by atoms with Crippen LogP contribution in [-0.2, 0) is 4.79 Å². The summed E-state index contributed by atoms with van der Waals surface area (Å²) >= 11 is 0. The van der Waals surface area contributed by atoms with Gasteiger partial charge >= 0.3 is 0 Å². The summed E-state index contributed by atoms with van der Waals surface area (Å²) in [4.78, 5) is 16.6. The van der Waals surface area contributed by atoms with E-state index < -0.39 is 5.82 Å². The molecule has 0 N–H and O–H groups in total. The fourth-order valence-electron chi connectivity index (χ4n) is 3.82. The zero-order chi connectivity index (χ0) is 20.6. The van der Waals surface area contributed by atoms with E-state index in [2.05, 4.69) is 4.90 Å². The Hall–Kier alpha value is -2.91. The maximum atomic E-state index is 14.3. The third kappa shape index (κ3) is 5.12. The smallest absolute Gasteiger partial charge is 0.241 e. The number of anilines is 1. The van der Waals surface area contributed by atoms with E-state index in [1.165, 1.54) is 11.0 Å². The van der Waals surface area contributed by atoms with Crippen molar-refractivity contribution in [1.82, 2.24) is 4.90 Å². The lowest BCUT2D eigenvalue weighted by molar-refractivity contribution is -0.120. The predicted molar refractivity (Wildman–Crippen MR) is 110 cm³/mol. The van der Waals surface area contributed by atoms with Crippen molar-refractivity contribution in [1.29, 1.82) is 5.26 Å². The third-order valence-electron chi connectivity index (χ3n) is 5.17. The quantitative estimate of drug-likeness (QED) is 0.668. The van der Waals surface area contributed by atoms with Crippen LogP contribution >= 0.6 is 0 Å². The Kier molecular flexibility index (Phi) is 7.20. The molecule has 2 aromatic rings. The molecule has 5 nitrogen and oxygen atoms in total. The fourth-order valence-corrected chi connectivity index (χ4v) is 3.82. The van der Waals surface area contributed by atoms with Gasteiger partial charge in [-0.1, -0.05) is 24.3 Å². The molecule has 1 unspecified atom stereocenters. The molecule has 0 spiro atoms. The number of amides is 1. The maximum absolute atomic E-state index is 14.3. The van der Waals surface area contributed by atoms with Crippen molar-refractivity contribution in [2.45, 2.75) is 32.2 Å². The van der Waals surface area contributed by atoms with Crippen LogP contribution in [0.5, 0.6) is 5.75 Å². The molecular weight excluding hydrogens is 369 g/mol. The van der Waals surface area contributed by atoms with E-state index in [1.54, 1.807) is 18.2 Å². The summed E-state index contributed by atoms with van der Waals surface area (Å²) in [5.41, 5.74) is 1.37. The second kappa shape index (κ2) is 10.0. The van der Waals surface area contributed by atoms with Crippen LogP contribution in [0, 0.1) is 17.1 Å². The number of rotatable bonds is 8. The maximum Gasteiger partial charge on any atom is 0.241 e. The molecule has 1 saturated heterocycles. The van der Waals surface area contributed by atoms with Gasteiger partial charge in [-0.15, -0.1) is 0 Å². The second-order valence-corrected chi connectivity index (χ2v) is 7.04. The normalized spacial score (nSPS) is 16.4. The number of nitriles is 1. The van der Waals surface area contributed by atoms with Crippen LogP contribution < -0.4 is 9.64 Å². The molecule has 1 aliphatic rings. The average molecular weight is 395 g/mol. The first-order valence-corrected chi connectivity index (χ1v) is 10.0. The standard InChI is InChI=1S/C23H26FN3O2/c1-2-29-19-12-10-18(11-13-19)21-9-5-15-26(21)17-23(28)27(16-6-14-25)22-8-4-3-7-20(22)24/h3-4,7-8,10-13,21H,2,5-6,9,15-17H2,1H3. The van der Waals surface area contributed by atoms with Gasteiger partial charge in [0.25, 0.3) is 0 Å². The molecule has 0 bridgehead atoms. The number of benzene rings is 2. The van der Waals surface area contributed by atoms with Crippen LogP contribution in [0.3, 0.4) is 0 Å². The minimum atomic E-state index is -0.455. The highest BCUT2D eigenvalue weighted by Gasteiger charge is 2.30. The Bertz CT molecular complexity index is 863. The molecule has 152 valence electrons. The van der Waals surface area contributed by atoms with E-state index in [0.717, 1.165) is 30.7 Å². The summed E-state index contributed by atoms with van der Waals surface area (Å²) in [5.74, 6) is 0.186. The Morgan fingerprint density at radius 1 is 1.28 bits per heavy atom. The van der Waals surface area contributed by atoms with Crippen LogP contribution in [0.2, 0.25) is 0 Å². The minimum absolute atomic E-state index is 0.146. The Labute approximate surface area is 171 Å². The molecule has 1 heterocycles. The number of carbonyl (C=O) groups is 1. The number of nitrogens with zero attached hydrogens (tertiary/aromatic N) is 3. The van der Waals surface area contributed by atoms with E-state index in [4.69, 9.17) is 10.00 Å². The third-order valence-corrected chi connectivity index (χ3v) is 5.17. The summed E-state index contributed by atoms with van der Waals surface area (Å²) < 4.78 is 19.8. The number of para-hydroxylation sites is 1. The molecule has 0 saturated carbocycles. The Morgan fingerprint density at radius 3 is 2.72 bits per heavy atom. The highest BCUT2D eigenvalue weighted by molar-refractivity contribution is 5.95. The van der Waals surface area contributed by atoms with E-state index >= 15 is 0 Å².